The van der Waals surface area contributed by atoms with Crippen LogP contribution in [0.15, 0.2) is 51.1 Å². The molecule has 10 heteroatoms. The van der Waals surface area contributed by atoms with E-state index in [2.05, 4.69) is 81.7 Å². The summed E-state index contributed by atoms with van der Waals surface area (Å²) in [4.78, 5) is 12.3. The minimum Gasteiger partial charge on any atom is -0.869 e. The van der Waals surface area contributed by atoms with Crippen molar-refractivity contribution in [2.75, 3.05) is 12.9 Å². The SMILES string of the molecule is CC[n+]1c(SCC(=O)NN=Cc2cc(Br)c([O-])c(OC)c2)n[nH]c1-c1ccc(C(C)(C)C)cc1. The Balaban J connectivity index is 1.62. The number of aromatic nitrogens is 3. The third-order valence-electron chi connectivity index (χ3n) is 5.09. The van der Waals surface area contributed by atoms with Gasteiger partial charge in [-0.15, -0.1) is 5.10 Å². The topological polar surface area (TPSA) is 106 Å². The van der Waals surface area contributed by atoms with Crippen molar-refractivity contribution in [1.82, 2.24) is 15.6 Å². The van der Waals surface area contributed by atoms with Gasteiger partial charge >= 0.3 is 5.16 Å². The summed E-state index contributed by atoms with van der Waals surface area (Å²) in [6.07, 6.45) is 1.45. The van der Waals surface area contributed by atoms with E-state index in [0.717, 1.165) is 16.5 Å². The number of carbonyl (C=O) groups excluding carboxylic acids is 1. The Bertz CT molecular complexity index is 1190. The number of hydrazone groups is 1. The molecule has 3 aromatic rings. The number of H-pyrrole nitrogens is 1. The molecule has 8 nitrogen and oxygen atoms in total. The molecule has 0 saturated heterocycles. The molecule has 0 fully saturated rings. The molecule has 3 rings (SSSR count). The molecular formula is C24H28BrN5O3S. The van der Waals surface area contributed by atoms with Crippen LogP contribution in [0.2, 0.25) is 0 Å². The lowest BCUT2D eigenvalue weighted by molar-refractivity contribution is -0.719. The number of nitrogens with one attached hydrogen (secondary N) is 2. The van der Waals surface area contributed by atoms with Gasteiger partial charge in [0.05, 0.1) is 36.3 Å². The summed E-state index contributed by atoms with van der Waals surface area (Å²) in [6, 6.07) is 11.6. The number of hydrogen-bond acceptors (Lipinski definition) is 6. The first-order valence-electron chi connectivity index (χ1n) is 10.7. The second-order valence-electron chi connectivity index (χ2n) is 8.54. The van der Waals surface area contributed by atoms with E-state index in [0.29, 0.717) is 16.6 Å². The number of thioether (sulfide) groups is 1. The van der Waals surface area contributed by atoms with Gasteiger partial charge in [0.25, 0.3) is 11.7 Å². The highest BCUT2D eigenvalue weighted by Gasteiger charge is 2.22. The van der Waals surface area contributed by atoms with Gasteiger partial charge < -0.3 is 9.84 Å². The van der Waals surface area contributed by atoms with Gasteiger partial charge in [0.2, 0.25) is 0 Å². The predicted molar refractivity (Wildman–Crippen MR) is 135 cm³/mol. The molecular weight excluding hydrogens is 518 g/mol. The molecule has 1 heterocycles. The van der Waals surface area contributed by atoms with Gasteiger partial charge in [0.15, 0.2) is 0 Å². The quantitative estimate of drug-likeness (QED) is 0.194. The third-order valence-corrected chi connectivity index (χ3v) is 6.65. The number of benzene rings is 2. The van der Waals surface area contributed by atoms with Crippen LogP contribution in [0.1, 0.15) is 38.8 Å². The van der Waals surface area contributed by atoms with Crippen LogP contribution in [0, 0.1) is 0 Å². The monoisotopic (exact) mass is 545 g/mol. The van der Waals surface area contributed by atoms with E-state index in [-0.39, 0.29) is 28.6 Å². The smallest absolute Gasteiger partial charge is 0.337 e. The lowest BCUT2D eigenvalue weighted by atomic mass is 9.87. The van der Waals surface area contributed by atoms with E-state index in [1.165, 1.54) is 30.6 Å². The third kappa shape index (κ3) is 6.18. The molecule has 0 aliphatic rings. The van der Waals surface area contributed by atoms with Crippen molar-refractivity contribution in [2.24, 2.45) is 5.10 Å². The highest BCUT2D eigenvalue weighted by atomic mass is 79.9. The summed E-state index contributed by atoms with van der Waals surface area (Å²) in [7, 11) is 1.42. The van der Waals surface area contributed by atoms with Crippen molar-refractivity contribution in [2.45, 2.75) is 44.8 Å². The molecule has 2 aromatic carbocycles. The second kappa shape index (κ2) is 11.1. The Labute approximate surface area is 211 Å². The minimum atomic E-state index is -0.269. The average molecular weight is 546 g/mol. The zero-order valence-electron chi connectivity index (χ0n) is 19.8. The molecule has 2 N–H and O–H groups in total. The Kier molecular flexibility index (Phi) is 8.37. The zero-order valence-corrected chi connectivity index (χ0v) is 22.2. The Morgan fingerprint density at radius 3 is 2.65 bits per heavy atom. The maximum atomic E-state index is 12.3. The van der Waals surface area contributed by atoms with Gasteiger partial charge in [-0.1, -0.05) is 54.6 Å². The number of ether oxygens (including phenoxy) is 1. The van der Waals surface area contributed by atoms with E-state index in [1.54, 1.807) is 12.1 Å². The molecule has 1 aromatic heterocycles. The largest absolute Gasteiger partial charge is 0.869 e. The normalized spacial score (nSPS) is 11.7. The van der Waals surface area contributed by atoms with Crippen LogP contribution >= 0.6 is 27.7 Å². The number of rotatable bonds is 8. The van der Waals surface area contributed by atoms with Crippen molar-refractivity contribution < 1.29 is 19.2 Å². The van der Waals surface area contributed by atoms with Crippen molar-refractivity contribution in [3.05, 3.63) is 52.0 Å². The van der Waals surface area contributed by atoms with Gasteiger partial charge in [0, 0.05) is 4.47 Å². The molecule has 0 radical (unpaired) electrons. The summed E-state index contributed by atoms with van der Waals surface area (Å²) in [5.41, 5.74) is 5.51. The van der Waals surface area contributed by atoms with E-state index in [4.69, 9.17) is 4.74 Å². The maximum absolute atomic E-state index is 12.3. The fourth-order valence-corrected chi connectivity index (χ4v) is 4.50. The molecule has 0 bridgehead atoms. The van der Waals surface area contributed by atoms with Gasteiger partial charge in [-0.3, -0.25) is 4.79 Å². The zero-order chi connectivity index (χ0) is 24.9. The molecule has 1 amide bonds. The number of amides is 1. The van der Waals surface area contributed by atoms with Crippen LogP contribution < -0.4 is 19.8 Å². The first kappa shape index (κ1) is 25.8. The summed E-state index contributed by atoms with van der Waals surface area (Å²) in [5.74, 6) is 0.730. The minimum absolute atomic E-state index is 0.0894. The Hall–Kier alpha value is -2.85. The van der Waals surface area contributed by atoms with E-state index >= 15 is 0 Å². The van der Waals surface area contributed by atoms with Crippen molar-refractivity contribution in [3.63, 3.8) is 0 Å². The maximum Gasteiger partial charge on any atom is 0.337 e. The fourth-order valence-electron chi connectivity index (χ4n) is 3.22. The van der Waals surface area contributed by atoms with Crippen LogP contribution in [0.25, 0.3) is 11.4 Å². The highest BCUT2D eigenvalue weighted by Crippen LogP contribution is 2.32. The van der Waals surface area contributed by atoms with Crippen LogP contribution in [0.5, 0.6) is 11.5 Å². The number of aromatic amines is 1. The van der Waals surface area contributed by atoms with Gasteiger partial charge in [-0.25, -0.2) is 9.99 Å². The fraction of sp³-hybridized carbons (Fsp3) is 0.333. The second-order valence-corrected chi connectivity index (χ2v) is 10.3. The molecule has 0 spiro atoms. The summed E-state index contributed by atoms with van der Waals surface area (Å²) < 4.78 is 7.46. The standard InChI is InChI=1S/C24H28BrN5O3S/c1-6-30-22(16-7-9-17(10-8-16)24(2,3)4)28-29-23(30)34-14-20(31)27-26-13-15-11-18(25)21(32)19(12-15)33-5/h7-13H,6,14H2,1-5H3,(H2,26,27,31,32). The number of hydrogen-bond donors (Lipinski definition) is 2. The van der Waals surface area contributed by atoms with Gasteiger partial charge in [-0.05, 0) is 59.5 Å². The first-order chi connectivity index (χ1) is 16.1. The average Bonchev–Trinajstić information content (AvgIpc) is 3.22. The lowest BCUT2D eigenvalue weighted by Crippen LogP contribution is -2.36. The number of halogens is 1. The lowest BCUT2D eigenvalue weighted by Gasteiger charge is -2.18. The molecule has 0 aliphatic heterocycles. The van der Waals surface area contributed by atoms with Crippen LogP contribution in [-0.2, 0) is 16.8 Å². The molecule has 0 unspecified atom stereocenters. The van der Waals surface area contributed by atoms with E-state index in [9.17, 15) is 9.90 Å². The van der Waals surface area contributed by atoms with Crippen LogP contribution in [-0.4, -0.2) is 35.2 Å². The van der Waals surface area contributed by atoms with Crippen LogP contribution in [0.4, 0.5) is 0 Å². The van der Waals surface area contributed by atoms with Crippen molar-refractivity contribution in [3.8, 4) is 22.9 Å². The van der Waals surface area contributed by atoms with Gasteiger partial charge in [0.1, 0.15) is 5.75 Å². The number of carbonyl (C=O) groups is 1. The molecule has 0 aliphatic carbocycles. The Morgan fingerprint density at radius 2 is 2.03 bits per heavy atom. The van der Waals surface area contributed by atoms with E-state index in [1.807, 2.05) is 11.5 Å². The summed E-state index contributed by atoms with van der Waals surface area (Å²) in [6.45, 7) is 9.31. The van der Waals surface area contributed by atoms with Gasteiger partial charge in [-0.2, -0.15) is 5.10 Å². The van der Waals surface area contributed by atoms with Crippen molar-refractivity contribution >= 4 is 39.8 Å². The highest BCUT2D eigenvalue weighted by molar-refractivity contribution is 9.10. The first-order valence-corrected chi connectivity index (χ1v) is 12.5. The van der Waals surface area contributed by atoms with E-state index < -0.39 is 0 Å². The Morgan fingerprint density at radius 1 is 1.32 bits per heavy atom. The number of methoxy groups -OCH3 is 1. The van der Waals surface area contributed by atoms with Crippen LogP contribution in [0.3, 0.4) is 0 Å². The predicted octanol–water partition coefficient (Wildman–Crippen LogP) is 3.77. The number of nitrogens with zero attached hydrogens (tertiary/aromatic N) is 3. The molecule has 0 atom stereocenters. The summed E-state index contributed by atoms with van der Waals surface area (Å²) in [5, 5.41) is 24.0. The molecule has 180 valence electrons. The summed E-state index contributed by atoms with van der Waals surface area (Å²) >= 11 is 4.52. The molecule has 0 saturated carbocycles. The van der Waals surface area contributed by atoms with Crippen molar-refractivity contribution in [1.29, 1.82) is 0 Å². The molecule has 34 heavy (non-hydrogen) atoms.